The van der Waals surface area contributed by atoms with Crippen LogP contribution in [0, 0.1) is 5.92 Å². The van der Waals surface area contributed by atoms with E-state index in [0.717, 1.165) is 4.90 Å². The van der Waals surface area contributed by atoms with Crippen molar-refractivity contribution >= 4 is 52.6 Å². The molecule has 0 bridgehead atoms. The molecule has 2 N–H and O–H groups in total. The number of aliphatic imine (C=N–C) groups is 1. The van der Waals surface area contributed by atoms with Crippen molar-refractivity contribution in [2.75, 3.05) is 24.5 Å². The van der Waals surface area contributed by atoms with E-state index >= 15 is 0 Å². The van der Waals surface area contributed by atoms with Crippen LogP contribution >= 0.6 is 11.6 Å². The number of carbonyl (C=O) groups excluding carboxylic acids is 4. The lowest BCUT2D eigenvalue weighted by molar-refractivity contribution is -0.141. The molecule has 42 heavy (non-hydrogen) atoms. The lowest BCUT2D eigenvalue weighted by Crippen LogP contribution is -2.47. The monoisotopic (exact) mass is 586 g/mol. The van der Waals surface area contributed by atoms with Crippen LogP contribution in [0.2, 0.25) is 5.02 Å². The van der Waals surface area contributed by atoms with Crippen LogP contribution in [0.15, 0.2) is 77.8 Å². The lowest BCUT2D eigenvalue weighted by atomic mass is 9.87. The molecule has 214 valence electrons. The summed E-state index contributed by atoms with van der Waals surface area (Å²) in [7, 11) is 0. The number of carboxylic acid groups (broad SMARTS) is 1. The number of carboxylic acids is 1. The minimum atomic E-state index is -1.09. The van der Waals surface area contributed by atoms with E-state index in [2.05, 4.69) is 10.3 Å². The summed E-state index contributed by atoms with van der Waals surface area (Å²) in [4.78, 5) is 69.6. The molecule has 2 unspecified atom stereocenters. The van der Waals surface area contributed by atoms with E-state index in [1.807, 2.05) is 0 Å². The molecule has 0 saturated heterocycles. The molecule has 0 spiro atoms. The van der Waals surface area contributed by atoms with E-state index in [4.69, 9.17) is 11.6 Å². The number of hydrogen-bond donors (Lipinski definition) is 2. The normalized spacial score (nSPS) is 18.2. The number of anilines is 1. The van der Waals surface area contributed by atoms with Gasteiger partial charge >= 0.3 is 12.0 Å². The molecule has 4 amide bonds. The molecular weight excluding hydrogens is 560 g/mol. The topological polar surface area (TPSA) is 136 Å². The highest BCUT2D eigenvalue weighted by Crippen LogP contribution is 2.35. The Kier molecular flexibility index (Phi) is 8.28. The number of Topliss-reactive ketones (excluding diaryl/α,β-unsaturated/α-hetero) is 1. The maximum atomic E-state index is 12.8. The number of fused-ring (bicyclic) bond motifs is 1. The molecule has 0 fully saturated rings. The predicted molar refractivity (Wildman–Crippen MR) is 156 cm³/mol. The molecule has 2 heterocycles. The first-order valence-electron chi connectivity index (χ1n) is 13.3. The molecule has 2 aliphatic heterocycles. The minimum Gasteiger partial charge on any atom is -0.481 e. The molecule has 0 aromatic heterocycles. The Bertz CT molecular complexity index is 1580. The first-order chi connectivity index (χ1) is 20.2. The molecule has 2 aliphatic rings. The van der Waals surface area contributed by atoms with E-state index in [1.54, 1.807) is 72.8 Å². The van der Waals surface area contributed by atoms with Crippen molar-refractivity contribution in [1.82, 2.24) is 10.2 Å². The van der Waals surface area contributed by atoms with Crippen LogP contribution in [0.3, 0.4) is 0 Å². The van der Waals surface area contributed by atoms with Gasteiger partial charge < -0.3 is 15.3 Å². The standard InChI is InChI=1S/C31H27ClN4O6/c1-18-26(30(40)41)27(20-6-4-7-21(32)16-20)35(31(42)34-18)15-5-14-33-17-25(37)19-10-12-22(13-11-19)36-28(38)23-8-2-3-9-24(23)29(36)39/h2-4,6-13,16,26-27,33H,5,14-15,17H2,1H3,(H,40,41). The number of ketones is 1. The average Bonchev–Trinajstić information content (AvgIpc) is 3.22. The zero-order chi connectivity index (χ0) is 30.0. The van der Waals surface area contributed by atoms with Gasteiger partial charge in [0.25, 0.3) is 11.8 Å². The number of hydrogen-bond acceptors (Lipinski definition) is 6. The zero-order valence-corrected chi connectivity index (χ0v) is 23.4. The number of carbonyl (C=O) groups is 5. The molecule has 2 atom stereocenters. The second-order valence-electron chi connectivity index (χ2n) is 10.0. The fraction of sp³-hybridized carbons (Fsp3) is 0.226. The second-order valence-corrected chi connectivity index (χ2v) is 10.5. The van der Waals surface area contributed by atoms with E-state index in [1.165, 1.54) is 11.8 Å². The van der Waals surface area contributed by atoms with Crippen molar-refractivity contribution in [2.45, 2.75) is 19.4 Å². The zero-order valence-electron chi connectivity index (χ0n) is 22.6. The second kappa shape index (κ2) is 12.1. The first kappa shape index (κ1) is 28.8. The fourth-order valence-electron chi connectivity index (χ4n) is 5.32. The van der Waals surface area contributed by atoms with Crippen LogP contribution in [-0.4, -0.2) is 65.0 Å². The average molecular weight is 587 g/mol. The van der Waals surface area contributed by atoms with Crippen LogP contribution in [0.25, 0.3) is 0 Å². The van der Waals surface area contributed by atoms with Gasteiger partial charge in [0.15, 0.2) is 5.78 Å². The number of urea groups is 1. The number of nitrogens with zero attached hydrogens (tertiary/aromatic N) is 3. The van der Waals surface area contributed by atoms with E-state index in [0.29, 0.717) is 45.9 Å². The predicted octanol–water partition coefficient (Wildman–Crippen LogP) is 4.64. The van der Waals surface area contributed by atoms with Gasteiger partial charge in [-0.25, -0.2) is 14.7 Å². The highest BCUT2D eigenvalue weighted by molar-refractivity contribution is 6.34. The molecule has 0 saturated carbocycles. The number of aliphatic carboxylic acids is 1. The fourth-order valence-corrected chi connectivity index (χ4v) is 5.52. The van der Waals surface area contributed by atoms with Gasteiger partial charge in [0.05, 0.1) is 29.4 Å². The summed E-state index contributed by atoms with van der Waals surface area (Å²) in [5.74, 6) is -3.11. The molecule has 0 radical (unpaired) electrons. The summed E-state index contributed by atoms with van der Waals surface area (Å²) in [6.45, 7) is 2.15. The van der Waals surface area contributed by atoms with Crippen LogP contribution < -0.4 is 10.2 Å². The van der Waals surface area contributed by atoms with Gasteiger partial charge in [-0.2, -0.15) is 0 Å². The first-order valence-corrected chi connectivity index (χ1v) is 13.7. The van der Waals surface area contributed by atoms with Crippen molar-refractivity contribution in [3.8, 4) is 0 Å². The van der Waals surface area contributed by atoms with Crippen LogP contribution in [0.5, 0.6) is 0 Å². The minimum absolute atomic E-state index is 0.0209. The van der Waals surface area contributed by atoms with Crippen LogP contribution in [0.1, 0.15) is 56.0 Å². The summed E-state index contributed by atoms with van der Waals surface area (Å²) in [5, 5.41) is 13.4. The van der Waals surface area contributed by atoms with E-state index in [-0.39, 0.29) is 24.6 Å². The van der Waals surface area contributed by atoms with Gasteiger partial charge in [-0.1, -0.05) is 35.9 Å². The summed E-state index contributed by atoms with van der Waals surface area (Å²) < 4.78 is 0. The Labute approximate surface area is 246 Å². The SMILES string of the molecule is CC1=NC(=O)N(CCCNCC(=O)c2ccc(N3C(=O)c4ccccc4C3=O)cc2)C(c2cccc(Cl)c2)C1C(=O)O. The molecule has 10 nitrogen and oxygen atoms in total. The van der Waals surface area contributed by atoms with Crippen molar-refractivity contribution in [3.63, 3.8) is 0 Å². The summed E-state index contributed by atoms with van der Waals surface area (Å²) in [6, 6.07) is 18.4. The molecule has 3 aromatic rings. The van der Waals surface area contributed by atoms with Crippen molar-refractivity contribution in [1.29, 1.82) is 0 Å². The van der Waals surface area contributed by atoms with Crippen LogP contribution in [0.4, 0.5) is 10.5 Å². The smallest absolute Gasteiger partial charge is 0.344 e. The third-order valence-electron chi connectivity index (χ3n) is 7.36. The third kappa shape index (κ3) is 5.59. The summed E-state index contributed by atoms with van der Waals surface area (Å²) in [6.07, 6.45) is 0.440. The number of halogens is 1. The van der Waals surface area contributed by atoms with Crippen LogP contribution in [-0.2, 0) is 4.79 Å². The molecular formula is C31H27ClN4O6. The van der Waals surface area contributed by atoms with Gasteiger partial charge in [0.2, 0.25) is 0 Å². The van der Waals surface area contributed by atoms with E-state index in [9.17, 15) is 29.1 Å². The lowest BCUT2D eigenvalue weighted by Gasteiger charge is -2.38. The number of benzene rings is 3. The largest absolute Gasteiger partial charge is 0.481 e. The number of nitrogens with one attached hydrogen (secondary N) is 1. The molecule has 0 aliphatic carbocycles. The Hall–Kier alpha value is -4.67. The quantitative estimate of drug-likeness (QED) is 0.201. The highest BCUT2D eigenvalue weighted by Gasteiger charge is 2.42. The Morgan fingerprint density at radius 3 is 2.24 bits per heavy atom. The Balaban J connectivity index is 1.17. The van der Waals surface area contributed by atoms with Gasteiger partial charge in [-0.15, -0.1) is 0 Å². The molecule has 11 heteroatoms. The Morgan fingerprint density at radius 1 is 0.952 bits per heavy atom. The molecule has 5 rings (SSSR count). The van der Waals surface area contributed by atoms with Gasteiger partial charge in [0.1, 0.15) is 5.92 Å². The number of rotatable bonds is 10. The molecule has 3 aromatic carbocycles. The van der Waals surface area contributed by atoms with E-state index < -0.39 is 35.8 Å². The van der Waals surface area contributed by atoms with Gasteiger partial charge in [-0.05, 0) is 74.0 Å². The summed E-state index contributed by atoms with van der Waals surface area (Å²) in [5.41, 5.74) is 2.31. The highest BCUT2D eigenvalue weighted by atomic mass is 35.5. The number of amides is 4. The third-order valence-corrected chi connectivity index (χ3v) is 7.59. The van der Waals surface area contributed by atoms with Gasteiger partial charge in [-0.3, -0.25) is 19.2 Å². The maximum Gasteiger partial charge on any atom is 0.344 e. The van der Waals surface area contributed by atoms with Crippen molar-refractivity contribution < 1.29 is 29.1 Å². The maximum absolute atomic E-state index is 12.8. The number of imide groups is 1. The van der Waals surface area contributed by atoms with Crippen molar-refractivity contribution in [2.24, 2.45) is 10.9 Å². The van der Waals surface area contributed by atoms with Gasteiger partial charge in [0, 0.05) is 22.8 Å². The van der Waals surface area contributed by atoms with Crippen molar-refractivity contribution in [3.05, 3.63) is 100 Å². The summed E-state index contributed by atoms with van der Waals surface area (Å²) >= 11 is 6.16. The Morgan fingerprint density at radius 2 is 1.62 bits per heavy atom.